The molecule has 2 aromatic heterocycles. The number of hydrogen-bond donors (Lipinski definition) is 0. The Morgan fingerprint density at radius 1 is 1.17 bits per heavy atom. The number of methoxy groups -OCH3 is 1. The number of halogens is 3. The Labute approximate surface area is 210 Å². The van der Waals surface area contributed by atoms with Crippen molar-refractivity contribution in [1.82, 2.24) is 14.5 Å². The summed E-state index contributed by atoms with van der Waals surface area (Å²) in [7, 11) is 3.35. The van der Waals surface area contributed by atoms with E-state index in [0.29, 0.717) is 6.42 Å². The highest BCUT2D eigenvalue weighted by Crippen LogP contribution is 2.34. The second kappa shape index (κ2) is 10.7. The van der Waals surface area contributed by atoms with Crippen molar-refractivity contribution in [3.63, 3.8) is 0 Å². The number of benzene rings is 1. The number of aryl methyl sites for hydroxylation is 1. The van der Waals surface area contributed by atoms with Gasteiger partial charge in [0.2, 0.25) is 0 Å². The van der Waals surface area contributed by atoms with E-state index in [4.69, 9.17) is 4.74 Å². The summed E-state index contributed by atoms with van der Waals surface area (Å²) >= 11 is 1.53. The highest BCUT2D eigenvalue weighted by Gasteiger charge is 2.36. The van der Waals surface area contributed by atoms with E-state index < -0.39 is 23.6 Å². The minimum atomic E-state index is -4.51. The van der Waals surface area contributed by atoms with Crippen LogP contribution in [-0.2, 0) is 22.8 Å². The Bertz CT molecular complexity index is 1240. The van der Waals surface area contributed by atoms with Gasteiger partial charge in [-0.25, -0.2) is 5.01 Å². The van der Waals surface area contributed by atoms with Crippen molar-refractivity contribution >= 4 is 28.9 Å². The van der Waals surface area contributed by atoms with E-state index in [2.05, 4.69) is 5.10 Å². The molecule has 4 rings (SSSR count). The molecule has 1 atom stereocenters. The van der Waals surface area contributed by atoms with E-state index in [1.807, 2.05) is 47.5 Å². The third-order valence-electron chi connectivity index (χ3n) is 5.93. The average molecular weight is 519 g/mol. The molecule has 0 radical (unpaired) electrons. The van der Waals surface area contributed by atoms with Gasteiger partial charge in [-0.05, 0) is 47.8 Å². The summed E-state index contributed by atoms with van der Waals surface area (Å²) in [4.78, 5) is 28.9. The zero-order chi connectivity index (χ0) is 25.9. The van der Waals surface area contributed by atoms with Crippen LogP contribution in [-0.4, -0.2) is 58.8 Å². The quantitative estimate of drug-likeness (QED) is 0.439. The van der Waals surface area contributed by atoms with Crippen LogP contribution in [0.2, 0.25) is 0 Å². The van der Waals surface area contributed by atoms with E-state index in [-0.39, 0.29) is 31.3 Å². The molecule has 0 bridgehead atoms. The fourth-order valence-corrected chi connectivity index (χ4v) is 4.78. The molecule has 0 aliphatic carbocycles. The maximum atomic E-state index is 13.5. The number of hydrazone groups is 1. The van der Waals surface area contributed by atoms with E-state index in [1.54, 1.807) is 0 Å². The van der Waals surface area contributed by atoms with Gasteiger partial charge in [0, 0.05) is 44.6 Å². The lowest BCUT2D eigenvalue weighted by molar-refractivity contribution is -0.137. The van der Waals surface area contributed by atoms with Crippen molar-refractivity contribution in [1.29, 1.82) is 0 Å². The van der Waals surface area contributed by atoms with Gasteiger partial charge < -0.3 is 14.2 Å². The van der Waals surface area contributed by atoms with E-state index in [9.17, 15) is 22.8 Å². The Kier molecular flexibility index (Phi) is 7.60. The number of rotatable bonds is 8. The number of carbonyl (C=O) groups is 2. The first-order valence-electron chi connectivity index (χ1n) is 11.2. The van der Waals surface area contributed by atoms with E-state index >= 15 is 0 Å². The predicted octanol–water partition coefficient (Wildman–Crippen LogP) is 4.57. The molecule has 0 unspecified atom stereocenters. The molecule has 11 heteroatoms. The number of carbonyl (C=O) groups excluding carboxylic acids is 2. The lowest BCUT2D eigenvalue weighted by Crippen LogP contribution is -2.43. The number of hydrogen-bond acceptors (Lipinski definition) is 5. The molecule has 0 saturated heterocycles. The summed E-state index contributed by atoms with van der Waals surface area (Å²) in [5.41, 5.74) is 0.879. The fourth-order valence-electron chi connectivity index (χ4n) is 4.06. The monoisotopic (exact) mass is 518 g/mol. The standard InChI is InChI=1S/C25H25F3N4O3S/c1-30-11-3-5-20(30)21-15-19(22-6-4-14-36-22)29-32(21)23(33)16-31(12-13-35-2)24(34)17-7-9-18(10-8-17)25(26,27)28/h3-11,14,21H,12-13,15-16H2,1-2H3/t21-/m0/s1. The summed E-state index contributed by atoms with van der Waals surface area (Å²) in [5, 5.41) is 7.96. The van der Waals surface area contributed by atoms with Crippen molar-refractivity contribution in [3.05, 3.63) is 81.8 Å². The maximum Gasteiger partial charge on any atom is 0.416 e. The Morgan fingerprint density at radius 3 is 2.50 bits per heavy atom. The summed E-state index contributed by atoms with van der Waals surface area (Å²) in [6.45, 7) is -0.0534. The number of nitrogens with zero attached hydrogens (tertiary/aromatic N) is 4. The van der Waals surface area contributed by atoms with Gasteiger partial charge in [0.25, 0.3) is 11.8 Å². The lowest BCUT2D eigenvalue weighted by Gasteiger charge is -2.27. The molecular formula is C25H25F3N4O3S. The average Bonchev–Trinajstić information content (AvgIpc) is 3.61. The molecular weight excluding hydrogens is 493 g/mol. The van der Waals surface area contributed by atoms with Crippen LogP contribution in [0.3, 0.4) is 0 Å². The number of ether oxygens (including phenoxy) is 1. The van der Waals surface area contributed by atoms with Gasteiger partial charge in [-0.2, -0.15) is 18.3 Å². The zero-order valence-electron chi connectivity index (χ0n) is 19.7. The van der Waals surface area contributed by atoms with Gasteiger partial charge in [-0.15, -0.1) is 11.3 Å². The first kappa shape index (κ1) is 25.6. The molecule has 1 aliphatic rings. The Balaban J connectivity index is 1.58. The molecule has 190 valence electrons. The molecule has 36 heavy (non-hydrogen) atoms. The van der Waals surface area contributed by atoms with Crippen molar-refractivity contribution in [2.24, 2.45) is 12.1 Å². The van der Waals surface area contributed by atoms with Crippen LogP contribution in [0, 0.1) is 0 Å². The zero-order valence-corrected chi connectivity index (χ0v) is 20.6. The second-order valence-electron chi connectivity index (χ2n) is 8.32. The smallest absolute Gasteiger partial charge is 0.383 e. The first-order chi connectivity index (χ1) is 17.2. The third-order valence-corrected chi connectivity index (χ3v) is 6.85. The fraction of sp³-hybridized carbons (Fsp3) is 0.320. The van der Waals surface area contributed by atoms with Gasteiger partial charge in [0.15, 0.2) is 0 Å². The number of amides is 2. The number of aromatic nitrogens is 1. The summed E-state index contributed by atoms with van der Waals surface area (Å²) in [6.07, 6.45) is -2.09. The molecule has 1 aromatic carbocycles. The molecule has 3 aromatic rings. The minimum absolute atomic E-state index is 0.0510. The molecule has 7 nitrogen and oxygen atoms in total. The summed E-state index contributed by atoms with van der Waals surface area (Å²) < 4.78 is 45.8. The second-order valence-corrected chi connectivity index (χ2v) is 9.27. The van der Waals surface area contributed by atoms with Crippen LogP contribution in [0.1, 0.15) is 39.0 Å². The molecule has 1 aliphatic heterocycles. The molecule has 0 saturated carbocycles. The Hall–Kier alpha value is -3.44. The SMILES string of the molecule is COCCN(CC(=O)N1N=C(c2cccs2)C[C@H]1c1cccn1C)C(=O)c1ccc(C(F)(F)F)cc1. The first-order valence-corrected chi connectivity index (χ1v) is 12.1. The topological polar surface area (TPSA) is 67.1 Å². The molecule has 0 N–H and O–H groups in total. The van der Waals surface area contributed by atoms with Crippen LogP contribution in [0.4, 0.5) is 13.2 Å². The maximum absolute atomic E-state index is 13.5. The van der Waals surface area contributed by atoms with Gasteiger partial charge in [0.05, 0.1) is 22.8 Å². The van der Waals surface area contributed by atoms with Crippen molar-refractivity contribution in [3.8, 4) is 0 Å². The van der Waals surface area contributed by atoms with Gasteiger partial charge in [0.1, 0.15) is 12.6 Å². The van der Waals surface area contributed by atoms with Crippen LogP contribution >= 0.6 is 11.3 Å². The van der Waals surface area contributed by atoms with E-state index in [0.717, 1.165) is 40.5 Å². The normalized spacial score (nSPS) is 15.8. The van der Waals surface area contributed by atoms with Gasteiger partial charge in [-0.1, -0.05) is 6.07 Å². The largest absolute Gasteiger partial charge is 0.416 e. The van der Waals surface area contributed by atoms with Crippen molar-refractivity contribution in [2.75, 3.05) is 26.8 Å². The predicted molar refractivity (Wildman–Crippen MR) is 130 cm³/mol. The molecule has 0 spiro atoms. The lowest BCUT2D eigenvalue weighted by atomic mass is 10.1. The highest BCUT2D eigenvalue weighted by molar-refractivity contribution is 7.12. The summed E-state index contributed by atoms with van der Waals surface area (Å²) in [5.74, 6) is -0.963. The number of thiophene rings is 1. The minimum Gasteiger partial charge on any atom is -0.383 e. The third kappa shape index (κ3) is 5.52. The van der Waals surface area contributed by atoms with Gasteiger partial charge >= 0.3 is 6.18 Å². The number of alkyl halides is 3. The molecule has 0 fully saturated rings. The highest BCUT2D eigenvalue weighted by atomic mass is 32.1. The van der Waals surface area contributed by atoms with Crippen molar-refractivity contribution < 1.29 is 27.5 Å². The van der Waals surface area contributed by atoms with Crippen molar-refractivity contribution in [2.45, 2.75) is 18.6 Å². The van der Waals surface area contributed by atoms with Crippen LogP contribution in [0.15, 0.2) is 65.2 Å². The van der Waals surface area contributed by atoms with E-state index in [1.165, 1.54) is 28.4 Å². The molecule has 2 amide bonds. The van der Waals surface area contributed by atoms with Crippen LogP contribution in [0.25, 0.3) is 0 Å². The summed E-state index contributed by atoms with van der Waals surface area (Å²) in [6, 6.07) is 11.3. The molecule has 3 heterocycles. The van der Waals surface area contributed by atoms with Crippen LogP contribution in [0.5, 0.6) is 0 Å². The van der Waals surface area contributed by atoms with Gasteiger partial charge in [-0.3, -0.25) is 9.59 Å². The Morgan fingerprint density at radius 2 is 1.92 bits per heavy atom. The van der Waals surface area contributed by atoms with Crippen LogP contribution < -0.4 is 0 Å².